The Morgan fingerprint density at radius 3 is 2.59 bits per heavy atom. The van der Waals surface area contributed by atoms with Crippen molar-refractivity contribution in [2.24, 2.45) is 0 Å². The second-order valence-corrected chi connectivity index (χ2v) is 12.0. The molecule has 1 aromatic heterocycles. The van der Waals surface area contributed by atoms with E-state index in [1.54, 1.807) is 7.11 Å². The smallest absolute Gasteiger partial charge is 0.318 e. The van der Waals surface area contributed by atoms with E-state index in [1.807, 2.05) is 12.1 Å². The van der Waals surface area contributed by atoms with Crippen LogP contribution in [0.25, 0.3) is 10.8 Å². The summed E-state index contributed by atoms with van der Waals surface area (Å²) in [6, 6.07) is 14.4. The SMILES string of the molecule is CO[C@@H]1C[C@@H](COc2nc3c(c(N4CC5CCC(C4)N5)n2)CCN(c2cccc4cccc(Cl)c24)C3)N(C)C1. The topological polar surface area (TPSA) is 66.0 Å². The quantitative estimate of drug-likeness (QED) is 0.498. The second-order valence-electron chi connectivity index (χ2n) is 11.6. The predicted molar refractivity (Wildman–Crippen MR) is 155 cm³/mol. The van der Waals surface area contributed by atoms with Crippen molar-refractivity contribution >= 4 is 33.9 Å². The molecule has 206 valence electrons. The number of methoxy groups -OCH3 is 1. The summed E-state index contributed by atoms with van der Waals surface area (Å²) in [7, 11) is 3.92. The Kier molecular flexibility index (Phi) is 6.75. The first-order chi connectivity index (χ1) is 19.1. The first-order valence-electron chi connectivity index (χ1n) is 14.2. The zero-order valence-electron chi connectivity index (χ0n) is 22.8. The van der Waals surface area contributed by atoms with Crippen molar-refractivity contribution < 1.29 is 9.47 Å². The molecule has 4 aliphatic heterocycles. The normalized spacial score (nSPS) is 26.8. The van der Waals surface area contributed by atoms with E-state index < -0.39 is 0 Å². The lowest BCUT2D eigenvalue weighted by molar-refractivity contribution is 0.111. The third-order valence-corrected chi connectivity index (χ3v) is 9.41. The Morgan fingerprint density at radius 2 is 1.82 bits per heavy atom. The molecule has 1 N–H and O–H groups in total. The Balaban J connectivity index is 1.21. The molecular formula is C30H37ClN6O2. The van der Waals surface area contributed by atoms with Crippen molar-refractivity contribution in [3.63, 3.8) is 0 Å². The Morgan fingerprint density at radius 1 is 1.03 bits per heavy atom. The number of anilines is 2. The van der Waals surface area contributed by atoms with Gasteiger partial charge in [-0.05, 0) is 50.2 Å². The third kappa shape index (κ3) is 4.82. The number of rotatable bonds is 6. The lowest BCUT2D eigenvalue weighted by atomic mass is 10.0. The molecule has 4 atom stereocenters. The number of hydrogen-bond acceptors (Lipinski definition) is 8. The summed E-state index contributed by atoms with van der Waals surface area (Å²) in [5.41, 5.74) is 3.49. The van der Waals surface area contributed by atoms with Crippen molar-refractivity contribution in [1.82, 2.24) is 20.2 Å². The molecule has 39 heavy (non-hydrogen) atoms. The van der Waals surface area contributed by atoms with Crippen LogP contribution < -0.4 is 19.9 Å². The summed E-state index contributed by atoms with van der Waals surface area (Å²) in [6.45, 7) is 5.07. The number of likely N-dealkylation sites (N-methyl/N-ethyl adjacent to an activating group) is 1. The molecule has 0 saturated carbocycles. The Bertz CT molecular complexity index is 1350. The van der Waals surface area contributed by atoms with Crippen molar-refractivity contribution in [3.05, 3.63) is 52.7 Å². The summed E-state index contributed by atoms with van der Waals surface area (Å²) in [5.74, 6) is 1.07. The highest BCUT2D eigenvalue weighted by molar-refractivity contribution is 6.36. The lowest BCUT2D eigenvalue weighted by Crippen LogP contribution is -2.52. The monoisotopic (exact) mass is 548 g/mol. The minimum Gasteiger partial charge on any atom is -0.462 e. The van der Waals surface area contributed by atoms with Gasteiger partial charge in [0.25, 0.3) is 0 Å². The van der Waals surface area contributed by atoms with Gasteiger partial charge in [0.05, 0.1) is 23.4 Å². The fourth-order valence-corrected chi connectivity index (χ4v) is 7.27. The molecule has 5 heterocycles. The molecule has 2 unspecified atom stereocenters. The highest BCUT2D eigenvalue weighted by Crippen LogP contribution is 2.37. The zero-order chi connectivity index (χ0) is 26.5. The van der Waals surface area contributed by atoms with Gasteiger partial charge in [-0.25, -0.2) is 0 Å². The summed E-state index contributed by atoms with van der Waals surface area (Å²) >= 11 is 6.71. The van der Waals surface area contributed by atoms with Crippen molar-refractivity contribution in [2.75, 3.05) is 56.7 Å². The van der Waals surface area contributed by atoms with E-state index in [0.717, 1.165) is 72.0 Å². The van der Waals surface area contributed by atoms with Gasteiger partial charge < -0.3 is 24.6 Å². The van der Waals surface area contributed by atoms with Gasteiger partial charge in [-0.1, -0.05) is 35.9 Å². The van der Waals surface area contributed by atoms with Crippen LogP contribution in [-0.2, 0) is 17.7 Å². The number of benzene rings is 2. The fraction of sp³-hybridized carbons (Fsp3) is 0.533. The van der Waals surface area contributed by atoms with E-state index in [1.165, 1.54) is 18.4 Å². The van der Waals surface area contributed by atoms with Crippen molar-refractivity contribution in [1.29, 1.82) is 0 Å². The molecular weight excluding hydrogens is 512 g/mol. The maximum Gasteiger partial charge on any atom is 0.318 e. The molecule has 0 spiro atoms. The van der Waals surface area contributed by atoms with Gasteiger partial charge in [0, 0.05) is 68.1 Å². The van der Waals surface area contributed by atoms with Gasteiger partial charge in [-0.2, -0.15) is 9.97 Å². The largest absolute Gasteiger partial charge is 0.462 e. The number of fused-ring (bicyclic) bond motifs is 4. The van der Waals surface area contributed by atoms with Crippen LogP contribution in [0.3, 0.4) is 0 Å². The van der Waals surface area contributed by atoms with Gasteiger partial charge in [-0.15, -0.1) is 0 Å². The average Bonchev–Trinajstić information content (AvgIpc) is 3.50. The number of ether oxygens (including phenoxy) is 2. The molecule has 0 radical (unpaired) electrons. The number of nitrogens with one attached hydrogen (secondary N) is 1. The van der Waals surface area contributed by atoms with E-state index >= 15 is 0 Å². The minimum atomic E-state index is 0.251. The van der Waals surface area contributed by atoms with Crippen LogP contribution >= 0.6 is 11.6 Å². The van der Waals surface area contributed by atoms with Crippen LogP contribution in [-0.4, -0.2) is 86.0 Å². The standard InChI is InChI=1S/C30H37ClN6O2/c1-35-16-23(38-2)13-22(35)18-39-30-33-26-17-36(27-8-4-6-19-5-3-7-25(31)28(19)27)12-11-24(26)29(34-30)37-14-20-9-10-21(15-37)32-20/h3-8,20-23,32H,9-18H2,1-2H3/t20?,21?,22-,23+/m0/s1. The van der Waals surface area contributed by atoms with Gasteiger partial charge in [-0.3, -0.25) is 4.90 Å². The van der Waals surface area contributed by atoms with E-state index in [0.29, 0.717) is 37.3 Å². The molecule has 0 aliphatic carbocycles. The fourth-order valence-electron chi connectivity index (χ4n) is 6.99. The molecule has 7 rings (SSSR count). The highest BCUT2D eigenvalue weighted by Gasteiger charge is 2.36. The first kappa shape index (κ1) is 25.3. The molecule has 2 bridgehead atoms. The van der Waals surface area contributed by atoms with Crippen LogP contribution in [0.1, 0.15) is 30.5 Å². The minimum absolute atomic E-state index is 0.251. The number of piperazine rings is 1. The van der Waals surface area contributed by atoms with E-state index in [4.69, 9.17) is 31.0 Å². The Hall–Kier alpha value is -2.65. The van der Waals surface area contributed by atoms with E-state index in [-0.39, 0.29) is 6.10 Å². The van der Waals surface area contributed by atoms with E-state index in [2.05, 4.69) is 51.3 Å². The molecule has 0 amide bonds. The van der Waals surface area contributed by atoms with Gasteiger partial charge in [0.2, 0.25) is 0 Å². The number of hydrogen-bond donors (Lipinski definition) is 1. The summed E-state index contributed by atoms with van der Waals surface area (Å²) in [4.78, 5) is 17.3. The summed E-state index contributed by atoms with van der Waals surface area (Å²) in [6.07, 6.45) is 4.58. The van der Waals surface area contributed by atoms with Crippen LogP contribution in [0.4, 0.5) is 11.5 Å². The second kappa shape index (κ2) is 10.4. The number of likely N-dealkylation sites (tertiary alicyclic amines) is 1. The van der Waals surface area contributed by atoms with Crippen molar-refractivity contribution in [2.45, 2.75) is 56.5 Å². The van der Waals surface area contributed by atoms with Crippen molar-refractivity contribution in [3.8, 4) is 6.01 Å². The third-order valence-electron chi connectivity index (χ3n) is 9.10. The van der Waals surface area contributed by atoms with Gasteiger partial charge in [0.15, 0.2) is 0 Å². The Labute approximate surface area is 235 Å². The number of aromatic nitrogens is 2. The van der Waals surface area contributed by atoms with Gasteiger partial charge in [0.1, 0.15) is 12.4 Å². The summed E-state index contributed by atoms with van der Waals surface area (Å²) < 4.78 is 11.9. The summed E-state index contributed by atoms with van der Waals surface area (Å²) in [5, 5.41) is 6.80. The van der Waals surface area contributed by atoms with Crippen LogP contribution in [0, 0.1) is 0 Å². The number of halogens is 1. The molecule has 4 aliphatic rings. The molecule has 2 aromatic carbocycles. The van der Waals surface area contributed by atoms with Crippen LogP contribution in [0.5, 0.6) is 6.01 Å². The van der Waals surface area contributed by atoms with Crippen LogP contribution in [0.15, 0.2) is 36.4 Å². The average molecular weight is 549 g/mol. The maximum atomic E-state index is 6.71. The highest BCUT2D eigenvalue weighted by atomic mass is 35.5. The van der Waals surface area contributed by atoms with E-state index in [9.17, 15) is 0 Å². The molecule has 9 heteroatoms. The molecule has 3 fully saturated rings. The molecule has 8 nitrogen and oxygen atoms in total. The predicted octanol–water partition coefficient (Wildman–Crippen LogP) is 3.88. The molecule has 3 saturated heterocycles. The first-order valence-corrected chi connectivity index (χ1v) is 14.6. The maximum absolute atomic E-state index is 6.71. The zero-order valence-corrected chi connectivity index (χ0v) is 23.5. The number of nitrogens with zero attached hydrogens (tertiary/aromatic N) is 5. The van der Waals surface area contributed by atoms with Crippen LogP contribution in [0.2, 0.25) is 5.02 Å². The van der Waals surface area contributed by atoms with Gasteiger partial charge >= 0.3 is 6.01 Å². The molecule has 3 aromatic rings. The lowest BCUT2D eigenvalue weighted by Gasteiger charge is -2.37.